The van der Waals surface area contributed by atoms with Crippen LogP contribution in [0.15, 0.2) is 84.9 Å². The van der Waals surface area contributed by atoms with E-state index in [1.165, 1.54) is 13.8 Å². The molecule has 3 rings (SSSR count). The van der Waals surface area contributed by atoms with E-state index in [-0.39, 0.29) is 5.78 Å². The average Bonchev–Trinajstić information content (AvgIpc) is 2.77. The molecule has 0 spiro atoms. The summed E-state index contributed by atoms with van der Waals surface area (Å²) in [5, 5.41) is 0. The van der Waals surface area contributed by atoms with E-state index in [1.54, 1.807) is 36.4 Å². The number of carbonyl (C=O) groups excluding carboxylic acids is 3. The van der Waals surface area contributed by atoms with Crippen molar-refractivity contribution in [2.24, 2.45) is 5.92 Å². The smallest absolute Gasteiger partial charge is 0.308 e. The van der Waals surface area contributed by atoms with Gasteiger partial charge in [-0.05, 0) is 29.7 Å². The first-order valence-electron chi connectivity index (χ1n) is 10.0. The van der Waals surface area contributed by atoms with Gasteiger partial charge in [0.05, 0.1) is 5.92 Å². The second kappa shape index (κ2) is 10.3. The zero-order chi connectivity index (χ0) is 22.2. The molecule has 0 aromatic heterocycles. The molecular formula is C26H24O5. The number of ketones is 1. The Labute approximate surface area is 181 Å². The molecule has 0 heterocycles. The summed E-state index contributed by atoms with van der Waals surface area (Å²) in [7, 11) is 0. The van der Waals surface area contributed by atoms with E-state index < -0.39 is 24.0 Å². The number of carbonyl (C=O) groups is 3. The Kier molecular flexibility index (Phi) is 7.33. The van der Waals surface area contributed by atoms with Gasteiger partial charge in [0.2, 0.25) is 0 Å². The summed E-state index contributed by atoms with van der Waals surface area (Å²) in [4.78, 5) is 36.6. The zero-order valence-electron chi connectivity index (χ0n) is 17.5. The summed E-state index contributed by atoms with van der Waals surface area (Å²) in [6.45, 7) is 2.68. The molecule has 0 aliphatic carbocycles. The van der Waals surface area contributed by atoms with Crippen LogP contribution in [-0.2, 0) is 20.7 Å². The molecule has 0 fully saturated rings. The van der Waals surface area contributed by atoms with Crippen LogP contribution >= 0.6 is 0 Å². The largest absolute Gasteiger partial charge is 0.457 e. The summed E-state index contributed by atoms with van der Waals surface area (Å²) >= 11 is 0. The summed E-state index contributed by atoms with van der Waals surface area (Å²) in [5.74, 6) is -1.16. The summed E-state index contributed by atoms with van der Waals surface area (Å²) in [6, 6.07) is 25.2. The van der Waals surface area contributed by atoms with Crippen LogP contribution in [0.25, 0.3) is 0 Å². The lowest BCUT2D eigenvalue weighted by Crippen LogP contribution is -2.28. The van der Waals surface area contributed by atoms with Crippen molar-refractivity contribution < 1.29 is 23.9 Å². The third kappa shape index (κ3) is 6.12. The molecule has 0 bridgehead atoms. The van der Waals surface area contributed by atoms with E-state index in [2.05, 4.69) is 0 Å². The Morgan fingerprint density at radius 3 is 1.87 bits per heavy atom. The van der Waals surface area contributed by atoms with Crippen LogP contribution in [0.1, 0.15) is 41.4 Å². The third-order valence-corrected chi connectivity index (χ3v) is 4.82. The van der Waals surface area contributed by atoms with Gasteiger partial charge in [0.1, 0.15) is 11.9 Å². The highest BCUT2D eigenvalue weighted by molar-refractivity contribution is 5.98. The molecule has 0 aliphatic rings. The maximum atomic E-state index is 13.5. The van der Waals surface area contributed by atoms with Gasteiger partial charge in [-0.25, -0.2) is 0 Å². The summed E-state index contributed by atoms with van der Waals surface area (Å²) in [5.41, 5.74) is 2.17. The van der Waals surface area contributed by atoms with Crippen molar-refractivity contribution in [1.82, 2.24) is 0 Å². The second-order valence-electron chi connectivity index (χ2n) is 7.22. The molecule has 0 aliphatic heterocycles. The normalized spacial score (nSPS) is 12.5. The highest BCUT2D eigenvalue weighted by Crippen LogP contribution is 2.32. The van der Waals surface area contributed by atoms with Gasteiger partial charge in [0.25, 0.3) is 0 Å². The van der Waals surface area contributed by atoms with Gasteiger partial charge >= 0.3 is 11.9 Å². The first-order chi connectivity index (χ1) is 14.9. The van der Waals surface area contributed by atoms with Crippen molar-refractivity contribution in [3.05, 3.63) is 102 Å². The molecule has 0 saturated carbocycles. The third-order valence-electron chi connectivity index (χ3n) is 4.82. The molecule has 5 heteroatoms. The van der Waals surface area contributed by atoms with E-state index in [0.717, 1.165) is 11.1 Å². The minimum Gasteiger partial charge on any atom is -0.457 e. The average molecular weight is 416 g/mol. The molecule has 5 nitrogen and oxygen atoms in total. The fraction of sp³-hybridized carbons (Fsp3) is 0.192. The minimum atomic E-state index is -0.737. The highest BCUT2D eigenvalue weighted by atomic mass is 16.5. The van der Waals surface area contributed by atoms with E-state index in [0.29, 0.717) is 17.7 Å². The van der Waals surface area contributed by atoms with Crippen molar-refractivity contribution in [2.45, 2.75) is 26.4 Å². The van der Waals surface area contributed by atoms with Gasteiger partial charge in [-0.2, -0.15) is 0 Å². The molecule has 0 amide bonds. The minimum absolute atomic E-state index is 0.111. The van der Waals surface area contributed by atoms with E-state index in [1.807, 2.05) is 48.5 Å². The first-order valence-corrected chi connectivity index (χ1v) is 10.0. The van der Waals surface area contributed by atoms with Crippen molar-refractivity contribution >= 4 is 17.7 Å². The van der Waals surface area contributed by atoms with Crippen LogP contribution in [0.3, 0.4) is 0 Å². The van der Waals surface area contributed by atoms with Crippen LogP contribution in [-0.4, -0.2) is 17.7 Å². The van der Waals surface area contributed by atoms with Gasteiger partial charge < -0.3 is 9.47 Å². The van der Waals surface area contributed by atoms with E-state index in [9.17, 15) is 14.4 Å². The number of hydrogen-bond donors (Lipinski definition) is 0. The first kappa shape index (κ1) is 22.0. The Balaban J connectivity index is 1.98. The Morgan fingerprint density at radius 1 is 0.742 bits per heavy atom. The topological polar surface area (TPSA) is 69.7 Å². The van der Waals surface area contributed by atoms with Gasteiger partial charge in [0.15, 0.2) is 5.78 Å². The van der Waals surface area contributed by atoms with Crippen LogP contribution in [0, 0.1) is 5.92 Å². The van der Waals surface area contributed by atoms with Gasteiger partial charge in [-0.3, -0.25) is 14.4 Å². The monoisotopic (exact) mass is 416 g/mol. The Hall–Kier alpha value is -3.73. The fourth-order valence-corrected chi connectivity index (χ4v) is 3.47. The lowest BCUT2D eigenvalue weighted by Gasteiger charge is -2.26. The SMILES string of the molecule is CC(=O)Oc1ccc(CC(C(=O)c2ccccc2)C(OC(C)=O)c2ccccc2)cc1. The molecule has 0 saturated heterocycles. The standard InChI is InChI=1S/C26H24O5/c1-18(27)30-23-15-13-20(14-16-23)17-24(25(29)21-9-5-3-6-10-21)26(31-19(2)28)22-11-7-4-8-12-22/h3-16,24,26H,17H2,1-2H3. The lowest BCUT2D eigenvalue weighted by molar-refractivity contribution is -0.148. The Morgan fingerprint density at radius 2 is 1.32 bits per heavy atom. The molecule has 0 radical (unpaired) electrons. The zero-order valence-corrected chi connectivity index (χ0v) is 17.5. The summed E-state index contributed by atoms with van der Waals surface area (Å²) < 4.78 is 10.7. The molecule has 2 atom stereocenters. The number of rotatable bonds is 8. The number of Topliss-reactive ketones (excluding diaryl/α,β-unsaturated/α-hetero) is 1. The molecule has 3 aromatic rings. The molecule has 0 N–H and O–H groups in total. The van der Waals surface area contributed by atoms with Gasteiger partial charge in [0, 0.05) is 19.4 Å². The lowest BCUT2D eigenvalue weighted by atomic mass is 9.84. The maximum absolute atomic E-state index is 13.5. The number of benzene rings is 3. The van der Waals surface area contributed by atoms with Crippen LogP contribution in [0.5, 0.6) is 5.75 Å². The predicted octanol–water partition coefficient (Wildman–Crippen LogP) is 4.96. The van der Waals surface area contributed by atoms with Crippen molar-refractivity contribution in [2.75, 3.05) is 0 Å². The number of hydrogen-bond acceptors (Lipinski definition) is 5. The van der Waals surface area contributed by atoms with Crippen molar-refractivity contribution in [3.8, 4) is 5.75 Å². The Bertz CT molecular complexity index is 1030. The van der Waals surface area contributed by atoms with Gasteiger partial charge in [-0.15, -0.1) is 0 Å². The van der Waals surface area contributed by atoms with Crippen LogP contribution in [0.2, 0.25) is 0 Å². The van der Waals surface area contributed by atoms with Crippen molar-refractivity contribution in [3.63, 3.8) is 0 Å². The maximum Gasteiger partial charge on any atom is 0.308 e. The number of esters is 2. The molecule has 2 unspecified atom stereocenters. The van der Waals surface area contributed by atoms with Crippen molar-refractivity contribution in [1.29, 1.82) is 0 Å². The van der Waals surface area contributed by atoms with Gasteiger partial charge in [-0.1, -0.05) is 72.8 Å². The molecule has 158 valence electrons. The predicted molar refractivity (Wildman–Crippen MR) is 117 cm³/mol. The van der Waals surface area contributed by atoms with E-state index >= 15 is 0 Å². The molecule has 3 aromatic carbocycles. The second-order valence-corrected chi connectivity index (χ2v) is 7.22. The van der Waals surface area contributed by atoms with Crippen LogP contribution in [0.4, 0.5) is 0 Å². The van der Waals surface area contributed by atoms with Crippen LogP contribution < -0.4 is 4.74 Å². The van der Waals surface area contributed by atoms with E-state index in [4.69, 9.17) is 9.47 Å². The highest BCUT2D eigenvalue weighted by Gasteiger charge is 2.33. The molecule has 31 heavy (non-hydrogen) atoms. The molecular weight excluding hydrogens is 392 g/mol. The quantitative estimate of drug-likeness (QED) is 0.295. The number of ether oxygens (including phenoxy) is 2. The summed E-state index contributed by atoms with van der Waals surface area (Å²) in [6.07, 6.45) is -0.388. The fourth-order valence-electron chi connectivity index (χ4n) is 3.47.